The molecule has 1 amide bonds. The summed E-state index contributed by atoms with van der Waals surface area (Å²) in [6.45, 7) is 0.497. The van der Waals surface area contributed by atoms with Gasteiger partial charge in [0.05, 0.1) is 16.0 Å². The van der Waals surface area contributed by atoms with Crippen LogP contribution in [0.2, 0.25) is 10.0 Å². The molecule has 2 rings (SSSR count). The van der Waals surface area contributed by atoms with Gasteiger partial charge in [-0.3, -0.25) is 9.59 Å². The van der Waals surface area contributed by atoms with Crippen LogP contribution in [0, 0.1) is 5.92 Å². The van der Waals surface area contributed by atoms with Crippen molar-refractivity contribution >= 4 is 52.9 Å². The minimum Gasteiger partial charge on any atom is -0.481 e. The van der Waals surface area contributed by atoms with Gasteiger partial charge in [0.1, 0.15) is 0 Å². The predicted octanol–water partition coefficient (Wildman–Crippen LogP) is 3.27. The first kappa shape index (κ1) is 16.2. The van der Waals surface area contributed by atoms with Crippen LogP contribution >= 0.6 is 35.0 Å². The number of hydrogen-bond donors (Lipinski definition) is 1. The standard InChI is InChI=1S/C14H13Cl2NO3S/c1-21-10-4-2-8(12(15)13(10)16)3-5-11(18)17-6-9(7-17)14(19)20/h2-5,9H,6-7H2,1H3,(H,19,20). The number of aliphatic carboxylic acids is 1. The quantitative estimate of drug-likeness (QED) is 0.672. The molecule has 0 unspecified atom stereocenters. The number of hydrogen-bond acceptors (Lipinski definition) is 3. The van der Waals surface area contributed by atoms with Crippen molar-refractivity contribution in [2.24, 2.45) is 5.92 Å². The van der Waals surface area contributed by atoms with Gasteiger partial charge in [0.25, 0.3) is 0 Å². The van der Waals surface area contributed by atoms with Crippen LogP contribution in [-0.2, 0) is 9.59 Å². The number of amides is 1. The van der Waals surface area contributed by atoms with Gasteiger partial charge in [-0.25, -0.2) is 0 Å². The minimum atomic E-state index is -0.870. The Morgan fingerprint density at radius 1 is 1.33 bits per heavy atom. The van der Waals surface area contributed by atoms with Crippen LogP contribution in [0.15, 0.2) is 23.1 Å². The van der Waals surface area contributed by atoms with Gasteiger partial charge >= 0.3 is 5.97 Å². The second-order valence-corrected chi connectivity index (χ2v) is 6.20. The topological polar surface area (TPSA) is 57.6 Å². The molecule has 1 aliphatic rings. The molecular weight excluding hydrogens is 333 g/mol. The maximum absolute atomic E-state index is 11.9. The predicted molar refractivity (Wildman–Crippen MR) is 85.0 cm³/mol. The van der Waals surface area contributed by atoms with E-state index < -0.39 is 11.9 Å². The molecule has 0 aromatic heterocycles. The lowest BCUT2D eigenvalue weighted by Crippen LogP contribution is -2.52. The Hall–Kier alpha value is -1.17. The van der Waals surface area contributed by atoms with Crippen LogP contribution in [0.3, 0.4) is 0 Å². The molecule has 1 aliphatic heterocycles. The number of benzene rings is 1. The zero-order chi connectivity index (χ0) is 15.6. The van der Waals surface area contributed by atoms with Gasteiger partial charge < -0.3 is 10.0 Å². The van der Waals surface area contributed by atoms with E-state index in [1.54, 1.807) is 12.1 Å². The maximum Gasteiger partial charge on any atom is 0.310 e. The average molecular weight is 346 g/mol. The number of likely N-dealkylation sites (tertiary alicyclic amines) is 1. The molecule has 0 bridgehead atoms. The summed E-state index contributed by atoms with van der Waals surface area (Å²) in [4.78, 5) is 24.9. The van der Waals surface area contributed by atoms with Crippen molar-refractivity contribution in [3.05, 3.63) is 33.8 Å². The van der Waals surface area contributed by atoms with E-state index in [4.69, 9.17) is 28.3 Å². The lowest BCUT2D eigenvalue weighted by atomic mass is 10.0. The van der Waals surface area contributed by atoms with Crippen molar-refractivity contribution in [2.45, 2.75) is 4.90 Å². The fourth-order valence-corrected chi connectivity index (χ4v) is 3.09. The first-order chi connectivity index (χ1) is 9.93. The maximum atomic E-state index is 11.9. The molecule has 112 valence electrons. The Bertz CT molecular complexity index is 612. The Kier molecular flexibility index (Phi) is 5.19. The Morgan fingerprint density at radius 2 is 2.00 bits per heavy atom. The van der Waals surface area contributed by atoms with Gasteiger partial charge in [0.15, 0.2) is 0 Å². The van der Waals surface area contributed by atoms with E-state index in [9.17, 15) is 9.59 Å². The molecule has 0 saturated carbocycles. The zero-order valence-corrected chi connectivity index (χ0v) is 13.5. The highest BCUT2D eigenvalue weighted by Crippen LogP contribution is 2.35. The van der Waals surface area contributed by atoms with Gasteiger partial charge in [0.2, 0.25) is 5.91 Å². The van der Waals surface area contributed by atoms with Crippen LogP contribution in [0.25, 0.3) is 6.08 Å². The fourth-order valence-electron chi connectivity index (χ4n) is 1.91. The third kappa shape index (κ3) is 3.54. The molecule has 7 heteroatoms. The largest absolute Gasteiger partial charge is 0.481 e. The lowest BCUT2D eigenvalue weighted by molar-refractivity contribution is -0.151. The van der Waals surface area contributed by atoms with Crippen molar-refractivity contribution in [3.63, 3.8) is 0 Å². The number of nitrogens with zero attached hydrogens (tertiary/aromatic N) is 1. The van der Waals surface area contributed by atoms with E-state index in [1.165, 1.54) is 22.7 Å². The minimum absolute atomic E-state index is 0.228. The number of carbonyl (C=O) groups is 2. The van der Waals surface area contributed by atoms with Gasteiger partial charge in [-0.2, -0.15) is 0 Å². The van der Waals surface area contributed by atoms with Gasteiger partial charge in [-0.1, -0.05) is 29.3 Å². The summed E-state index contributed by atoms with van der Waals surface area (Å²) in [6, 6.07) is 3.63. The van der Waals surface area contributed by atoms with Gasteiger partial charge in [-0.05, 0) is 24.0 Å². The van der Waals surface area contributed by atoms with Crippen LogP contribution in [-0.4, -0.2) is 41.2 Å². The smallest absolute Gasteiger partial charge is 0.310 e. The molecule has 1 fully saturated rings. The van der Waals surface area contributed by atoms with Crippen LogP contribution < -0.4 is 0 Å². The third-order valence-corrected chi connectivity index (χ3v) is 5.03. The molecular formula is C14H13Cl2NO3S. The highest BCUT2D eigenvalue weighted by Gasteiger charge is 2.34. The molecule has 21 heavy (non-hydrogen) atoms. The monoisotopic (exact) mass is 345 g/mol. The summed E-state index contributed by atoms with van der Waals surface area (Å²) in [6.07, 6.45) is 4.88. The average Bonchev–Trinajstić information content (AvgIpc) is 2.38. The highest BCUT2D eigenvalue weighted by atomic mass is 35.5. The molecule has 0 aliphatic carbocycles. The first-order valence-corrected chi connectivity index (χ1v) is 8.14. The van der Waals surface area contributed by atoms with Crippen molar-refractivity contribution in [3.8, 4) is 0 Å². The summed E-state index contributed by atoms with van der Waals surface area (Å²) in [5.74, 6) is -1.56. The molecule has 1 aromatic rings. The van der Waals surface area contributed by atoms with Crippen LogP contribution in [0.5, 0.6) is 0 Å². The van der Waals surface area contributed by atoms with E-state index in [0.717, 1.165) is 4.90 Å². The van der Waals surface area contributed by atoms with E-state index in [1.807, 2.05) is 12.3 Å². The van der Waals surface area contributed by atoms with E-state index in [2.05, 4.69) is 0 Å². The third-order valence-electron chi connectivity index (χ3n) is 3.24. The number of carbonyl (C=O) groups excluding carboxylic acids is 1. The van der Waals surface area contributed by atoms with Crippen LogP contribution in [0.1, 0.15) is 5.56 Å². The molecule has 1 N–H and O–H groups in total. The van der Waals surface area contributed by atoms with Gasteiger partial charge in [0, 0.05) is 24.1 Å². The van der Waals surface area contributed by atoms with Crippen LogP contribution in [0.4, 0.5) is 0 Å². The second-order valence-electron chi connectivity index (χ2n) is 4.60. The Labute approximate surface area is 136 Å². The number of carboxylic acid groups (broad SMARTS) is 1. The second kappa shape index (κ2) is 6.73. The zero-order valence-electron chi connectivity index (χ0n) is 11.2. The van der Waals surface area contributed by atoms with E-state index >= 15 is 0 Å². The number of rotatable bonds is 4. The van der Waals surface area contributed by atoms with Crippen molar-refractivity contribution in [2.75, 3.05) is 19.3 Å². The van der Waals surface area contributed by atoms with Crippen molar-refractivity contribution < 1.29 is 14.7 Å². The number of thioether (sulfide) groups is 1. The molecule has 0 atom stereocenters. The van der Waals surface area contributed by atoms with Crippen molar-refractivity contribution in [1.29, 1.82) is 0 Å². The molecule has 1 aromatic carbocycles. The summed E-state index contributed by atoms with van der Waals surface area (Å²) >= 11 is 13.8. The normalized spacial score (nSPS) is 15.3. The summed E-state index contributed by atoms with van der Waals surface area (Å²) in [7, 11) is 0. The molecule has 1 heterocycles. The number of carboxylic acids is 1. The SMILES string of the molecule is CSc1ccc(C=CC(=O)N2CC(C(=O)O)C2)c(Cl)c1Cl. The Morgan fingerprint density at radius 3 is 2.57 bits per heavy atom. The molecule has 1 saturated heterocycles. The van der Waals surface area contributed by atoms with Crippen molar-refractivity contribution in [1.82, 2.24) is 4.90 Å². The molecule has 4 nitrogen and oxygen atoms in total. The number of halogens is 2. The first-order valence-electron chi connectivity index (χ1n) is 6.15. The van der Waals surface area contributed by atoms with E-state index in [-0.39, 0.29) is 19.0 Å². The summed E-state index contributed by atoms with van der Waals surface area (Å²) in [5.41, 5.74) is 0.656. The van der Waals surface area contributed by atoms with Gasteiger partial charge in [-0.15, -0.1) is 11.8 Å². The lowest BCUT2D eigenvalue weighted by Gasteiger charge is -2.35. The Balaban J connectivity index is 2.04. The summed E-state index contributed by atoms with van der Waals surface area (Å²) in [5, 5.41) is 9.64. The molecule has 0 radical (unpaired) electrons. The van der Waals surface area contributed by atoms with E-state index in [0.29, 0.717) is 15.6 Å². The molecule has 0 spiro atoms. The highest BCUT2D eigenvalue weighted by molar-refractivity contribution is 7.98. The fraction of sp³-hybridized carbons (Fsp3) is 0.286. The summed E-state index contributed by atoms with van der Waals surface area (Å²) < 4.78 is 0.